The molecule has 3 heteroatoms. The Morgan fingerprint density at radius 1 is 0.846 bits per heavy atom. The SMILES string of the molecule is C/C=C/CCC1CCC(CC(F)(F)OCC2CCC(CCC)CC2)CC1. The van der Waals surface area contributed by atoms with Crippen LogP contribution in [-0.2, 0) is 4.74 Å². The van der Waals surface area contributed by atoms with E-state index < -0.39 is 6.11 Å². The standard InChI is InChI=1S/C23H40F2O/c1-3-5-6-8-20-9-13-21(14-10-20)17-23(24,25)26-18-22-15-11-19(7-4-2)12-16-22/h3,5,19-22H,4,6-18H2,1-2H3/b5-3+. The summed E-state index contributed by atoms with van der Waals surface area (Å²) in [5.41, 5.74) is 0. The molecule has 0 bridgehead atoms. The first-order valence-electron chi connectivity index (χ1n) is 11.1. The minimum absolute atomic E-state index is 0.0697. The van der Waals surface area contributed by atoms with E-state index in [9.17, 15) is 8.78 Å². The molecule has 0 unspecified atom stereocenters. The number of halogens is 2. The summed E-state index contributed by atoms with van der Waals surface area (Å²) >= 11 is 0. The molecule has 2 rings (SSSR count). The van der Waals surface area contributed by atoms with Crippen LogP contribution >= 0.6 is 0 Å². The third-order valence-corrected chi connectivity index (χ3v) is 6.66. The molecule has 2 aliphatic carbocycles. The Kier molecular flexibility index (Phi) is 9.59. The third-order valence-electron chi connectivity index (χ3n) is 6.66. The van der Waals surface area contributed by atoms with Gasteiger partial charge in [0.15, 0.2) is 0 Å². The van der Waals surface area contributed by atoms with Crippen molar-refractivity contribution >= 4 is 0 Å². The van der Waals surface area contributed by atoms with E-state index in [1.807, 2.05) is 0 Å². The second-order valence-corrected chi connectivity index (χ2v) is 8.86. The highest BCUT2D eigenvalue weighted by Gasteiger charge is 2.36. The highest BCUT2D eigenvalue weighted by Crippen LogP contribution is 2.39. The van der Waals surface area contributed by atoms with Gasteiger partial charge in [-0.2, -0.15) is 8.78 Å². The minimum atomic E-state index is -2.93. The summed E-state index contributed by atoms with van der Waals surface area (Å²) in [5, 5.41) is 0. The van der Waals surface area contributed by atoms with E-state index in [4.69, 9.17) is 4.74 Å². The molecule has 0 heterocycles. The van der Waals surface area contributed by atoms with Crippen LogP contribution in [0.5, 0.6) is 0 Å². The molecule has 0 aromatic heterocycles. The molecule has 0 saturated heterocycles. The fraction of sp³-hybridized carbons (Fsp3) is 0.913. The summed E-state index contributed by atoms with van der Waals surface area (Å²) in [6, 6.07) is 0. The number of hydrogen-bond donors (Lipinski definition) is 0. The van der Waals surface area contributed by atoms with Gasteiger partial charge in [-0.15, -0.1) is 0 Å². The van der Waals surface area contributed by atoms with E-state index in [1.54, 1.807) is 0 Å². The predicted molar refractivity (Wildman–Crippen MR) is 105 cm³/mol. The monoisotopic (exact) mass is 370 g/mol. The molecule has 0 aromatic carbocycles. The van der Waals surface area contributed by atoms with Gasteiger partial charge in [-0.05, 0) is 69.1 Å². The molecule has 2 fully saturated rings. The van der Waals surface area contributed by atoms with E-state index >= 15 is 0 Å². The number of ether oxygens (including phenoxy) is 1. The maximum absolute atomic E-state index is 14.3. The van der Waals surface area contributed by atoms with Crippen LogP contribution in [0.1, 0.15) is 97.3 Å². The Morgan fingerprint density at radius 3 is 1.96 bits per heavy atom. The molecule has 152 valence electrons. The zero-order chi connectivity index (χ0) is 18.8. The summed E-state index contributed by atoms with van der Waals surface area (Å²) in [6.45, 7) is 4.53. The van der Waals surface area contributed by atoms with Gasteiger partial charge in [0.25, 0.3) is 0 Å². The van der Waals surface area contributed by atoms with Crippen LogP contribution in [-0.4, -0.2) is 12.7 Å². The first-order valence-corrected chi connectivity index (χ1v) is 11.1. The van der Waals surface area contributed by atoms with Crippen molar-refractivity contribution in [3.63, 3.8) is 0 Å². The number of rotatable bonds is 10. The molecule has 0 N–H and O–H groups in total. The molecule has 0 atom stereocenters. The number of allylic oxidation sites excluding steroid dienone is 2. The fourth-order valence-corrected chi connectivity index (χ4v) is 4.95. The highest BCUT2D eigenvalue weighted by molar-refractivity contribution is 4.81. The van der Waals surface area contributed by atoms with Gasteiger partial charge in [0.05, 0.1) is 6.61 Å². The molecule has 0 radical (unpaired) electrons. The lowest BCUT2D eigenvalue weighted by Gasteiger charge is -2.32. The average Bonchev–Trinajstić information content (AvgIpc) is 2.63. The van der Waals surface area contributed by atoms with Crippen LogP contribution in [0.2, 0.25) is 0 Å². The first-order chi connectivity index (χ1) is 12.5. The van der Waals surface area contributed by atoms with Gasteiger partial charge in [0, 0.05) is 6.42 Å². The van der Waals surface area contributed by atoms with E-state index in [0.717, 1.165) is 56.8 Å². The van der Waals surface area contributed by atoms with Crippen LogP contribution in [0.3, 0.4) is 0 Å². The number of alkyl halides is 2. The lowest BCUT2D eigenvalue weighted by Crippen LogP contribution is -2.30. The summed E-state index contributed by atoms with van der Waals surface area (Å²) in [7, 11) is 0. The molecule has 26 heavy (non-hydrogen) atoms. The fourth-order valence-electron chi connectivity index (χ4n) is 4.95. The Balaban J connectivity index is 1.61. The molecule has 2 saturated carbocycles. The van der Waals surface area contributed by atoms with E-state index in [0.29, 0.717) is 5.92 Å². The largest absolute Gasteiger partial charge is 0.356 e. The van der Waals surface area contributed by atoms with Crippen LogP contribution in [0, 0.1) is 23.7 Å². The van der Waals surface area contributed by atoms with Gasteiger partial charge < -0.3 is 4.74 Å². The average molecular weight is 371 g/mol. The Labute approximate surface area is 160 Å². The molecular formula is C23H40F2O. The summed E-state index contributed by atoms with van der Waals surface area (Å²) < 4.78 is 33.7. The normalized spacial score (nSPS) is 30.8. The lowest BCUT2D eigenvalue weighted by molar-refractivity contribution is -0.256. The molecule has 0 aromatic rings. The van der Waals surface area contributed by atoms with Crippen molar-refractivity contribution in [2.45, 2.75) is 103 Å². The Bertz CT molecular complexity index is 391. The molecular weight excluding hydrogens is 330 g/mol. The van der Waals surface area contributed by atoms with Gasteiger partial charge >= 0.3 is 6.11 Å². The maximum Gasteiger partial charge on any atom is 0.356 e. The van der Waals surface area contributed by atoms with E-state index in [2.05, 4.69) is 26.0 Å². The molecule has 1 nitrogen and oxygen atoms in total. The zero-order valence-corrected chi connectivity index (χ0v) is 17.0. The third kappa shape index (κ3) is 8.06. The van der Waals surface area contributed by atoms with Crippen molar-refractivity contribution in [2.24, 2.45) is 23.7 Å². The zero-order valence-electron chi connectivity index (χ0n) is 17.0. The summed E-state index contributed by atoms with van der Waals surface area (Å²) in [5.74, 6) is 2.04. The summed E-state index contributed by atoms with van der Waals surface area (Å²) in [6.07, 6.45) is 14.8. The van der Waals surface area contributed by atoms with E-state index in [1.165, 1.54) is 32.1 Å². The van der Waals surface area contributed by atoms with Crippen molar-refractivity contribution in [1.29, 1.82) is 0 Å². The smallest absolute Gasteiger partial charge is 0.320 e. The van der Waals surface area contributed by atoms with Crippen molar-refractivity contribution in [3.8, 4) is 0 Å². The van der Waals surface area contributed by atoms with Gasteiger partial charge in [0.2, 0.25) is 0 Å². The molecule has 0 aliphatic heterocycles. The van der Waals surface area contributed by atoms with Crippen LogP contribution in [0.25, 0.3) is 0 Å². The topological polar surface area (TPSA) is 9.23 Å². The number of hydrogen-bond acceptors (Lipinski definition) is 1. The highest BCUT2D eigenvalue weighted by atomic mass is 19.3. The van der Waals surface area contributed by atoms with E-state index in [-0.39, 0.29) is 18.9 Å². The predicted octanol–water partition coefficient (Wildman–Crippen LogP) is 7.76. The Morgan fingerprint density at radius 2 is 1.38 bits per heavy atom. The first kappa shape index (κ1) is 21.9. The van der Waals surface area contributed by atoms with Crippen LogP contribution in [0.4, 0.5) is 8.78 Å². The van der Waals surface area contributed by atoms with Crippen LogP contribution in [0.15, 0.2) is 12.2 Å². The van der Waals surface area contributed by atoms with Crippen LogP contribution < -0.4 is 0 Å². The van der Waals surface area contributed by atoms with Gasteiger partial charge in [-0.1, -0.05) is 57.6 Å². The second-order valence-electron chi connectivity index (χ2n) is 8.86. The quantitative estimate of drug-likeness (QED) is 0.357. The van der Waals surface area contributed by atoms with Crippen molar-refractivity contribution in [3.05, 3.63) is 12.2 Å². The van der Waals surface area contributed by atoms with Crippen molar-refractivity contribution in [2.75, 3.05) is 6.61 Å². The van der Waals surface area contributed by atoms with Crippen molar-refractivity contribution in [1.82, 2.24) is 0 Å². The maximum atomic E-state index is 14.3. The molecule has 2 aliphatic rings. The van der Waals surface area contributed by atoms with Gasteiger partial charge in [-0.3, -0.25) is 0 Å². The van der Waals surface area contributed by atoms with Gasteiger partial charge in [-0.25, -0.2) is 0 Å². The molecule has 0 spiro atoms. The summed E-state index contributed by atoms with van der Waals surface area (Å²) in [4.78, 5) is 0. The Hall–Kier alpha value is -0.440. The molecule has 0 amide bonds. The lowest BCUT2D eigenvalue weighted by atomic mass is 9.78. The second kappa shape index (κ2) is 11.4. The van der Waals surface area contributed by atoms with Crippen molar-refractivity contribution < 1.29 is 13.5 Å². The van der Waals surface area contributed by atoms with Gasteiger partial charge in [0.1, 0.15) is 0 Å². The minimum Gasteiger partial charge on any atom is -0.320 e.